The molecule has 0 spiro atoms. The maximum Gasteiger partial charge on any atom is 0.317 e. The van der Waals surface area contributed by atoms with E-state index in [4.69, 9.17) is 14.6 Å². The molecule has 13 heteroatoms. The Hall–Kier alpha value is -1.42. The molecule has 2 aliphatic heterocycles. The topological polar surface area (TPSA) is 224 Å². The molecule has 9 atom stereocenters. The zero-order chi connectivity index (χ0) is 21.2. The number of carbonyl (C=O) groups excluding carboxylic acids is 1. The van der Waals surface area contributed by atoms with Gasteiger partial charge in [-0.05, 0) is 0 Å². The molecule has 0 aliphatic carbocycles. The van der Waals surface area contributed by atoms with Crippen molar-refractivity contribution in [3.63, 3.8) is 0 Å². The van der Waals surface area contributed by atoms with Crippen LogP contribution in [0.3, 0.4) is 0 Å². The van der Waals surface area contributed by atoms with Crippen molar-refractivity contribution in [3.8, 4) is 0 Å². The Morgan fingerprint density at radius 3 is 2.21 bits per heavy atom. The van der Waals surface area contributed by atoms with Crippen LogP contribution in [0, 0.1) is 6.61 Å². The molecule has 8 N–H and O–H groups in total. The Balaban J connectivity index is 2.07. The highest BCUT2D eigenvalue weighted by Gasteiger charge is 2.60. The van der Waals surface area contributed by atoms with Crippen LogP contribution < -0.4 is 0 Å². The lowest BCUT2D eigenvalue weighted by molar-refractivity contribution is -0.309. The van der Waals surface area contributed by atoms with Crippen molar-refractivity contribution < 1.29 is 64.7 Å². The number of hydrogen-bond donors (Lipinski definition) is 8. The zero-order valence-electron chi connectivity index (χ0n) is 14.4. The molecule has 2 aliphatic rings. The second-order valence-electron chi connectivity index (χ2n) is 6.62. The summed E-state index contributed by atoms with van der Waals surface area (Å²) < 4.78 is 14.8. The Kier molecular flexibility index (Phi) is 7.30. The molecule has 28 heavy (non-hydrogen) atoms. The van der Waals surface area contributed by atoms with Crippen molar-refractivity contribution in [2.45, 2.75) is 60.9 Å². The van der Waals surface area contributed by atoms with E-state index in [9.17, 15) is 45.3 Å². The maximum absolute atomic E-state index is 11.2. The fourth-order valence-electron chi connectivity index (χ4n) is 3.03. The summed E-state index contributed by atoms with van der Waals surface area (Å²) in [6, 6.07) is 0. The van der Waals surface area contributed by atoms with Crippen LogP contribution in [0.5, 0.6) is 0 Å². The predicted octanol–water partition coefficient (Wildman–Crippen LogP) is -5.14. The fourth-order valence-corrected chi connectivity index (χ4v) is 3.03. The van der Waals surface area contributed by atoms with Crippen molar-refractivity contribution in [1.29, 1.82) is 0 Å². The SMILES string of the molecule is O=C(O)CC(=O)OC[C@H]1O[CH][C@@](O)([C@@H]2O[C@H](CO)[C@@H](O)[C@H](O)[C@H]2O)[C@@H](O)[C@@H]1O. The molecule has 0 amide bonds. The monoisotopic (exact) mass is 411 g/mol. The van der Waals surface area contributed by atoms with Gasteiger partial charge in [-0.1, -0.05) is 0 Å². The number of carbonyl (C=O) groups is 2. The zero-order valence-corrected chi connectivity index (χ0v) is 14.4. The number of aliphatic hydroxyl groups excluding tert-OH is 6. The molecule has 13 nitrogen and oxygen atoms in total. The van der Waals surface area contributed by atoms with Crippen LogP contribution >= 0.6 is 0 Å². The first-order valence-corrected chi connectivity index (χ1v) is 8.29. The van der Waals surface area contributed by atoms with E-state index >= 15 is 0 Å². The molecule has 2 saturated heterocycles. The molecule has 2 rings (SSSR count). The molecule has 0 aromatic rings. The molecule has 0 saturated carbocycles. The van der Waals surface area contributed by atoms with E-state index in [-0.39, 0.29) is 0 Å². The van der Waals surface area contributed by atoms with E-state index in [1.165, 1.54) is 0 Å². The number of aliphatic carboxylic acids is 1. The average molecular weight is 411 g/mol. The van der Waals surface area contributed by atoms with Crippen molar-refractivity contribution in [1.82, 2.24) is 0 Å². The molecule has 0 unspecified atom stereocenters. The highest BCUT2D eigenvalue weighted by atomic mass is 16.6. The summed E-state index contributed by atoms with van der Waals surface area (Å²) in [5, 5.41) is 78.6. The fraction of sp³-hybridized carbons (Fsp3) is 0.800. The lowest BCUT2D eigenvalue weighted by atomic mass is 9.78. The number of carboxylic acid groups (broad SMARTS) is 1. The Morgan fingerprint density at radius 1 is 1.00 bits per heavy atom. The molecule has 2 fully saturated rings. The van der Waals surface area contributed by atoms with Gasteiger partial charge < -0.3 is 55.1 Å². The first-order valence-electron chi connectivity index (χ1n) is 8.29. The third-order valence-electron chi connectivity index (χ3n) is 4.66. The molecule has 1 radical (unpaired) electrons. The molecule has 2 heterocycles. The van der Waals surface area contributed by atoms with Crippen molar-refractivity contribution in [2.24, 2.45) is 0 Å². The largest absolute Gasteiger partial charge is 0.481 e. The van der Waals surface area contributed by atoms with Crippen LogP contribution in [0.2, 0.25) is 0 Å². The lowest BCUT2D eigenvalue weighted by Gasteiger charge is -2.51. The maximum atomic E-state index is 11.2. The molecule has 0 aromatic carbocycles. The third-order valence-corrected chi connectivity index (χ3v) is 4.66. The molecule has 161 valence electrons. The summed E-state index contributed by atoms with van der Waals surface area (Å²) in [5.74, 6) is -2.55. The number of ether oxygens (including phenoxy) is 3. The number of rotatable bonds is 6. The van der Waals surface area contributed by atoms with E-state index in [1.54, 1.807) is 0 Å². The molecular formula is C15H23O13. The van der Waals surface area contributed by atoms with Crippen LogP contribution in [-0.2, 0) is 23.8 Å². The van der Waals surface area contributed by atoms with E-state index in [1.807, 2.05) is 0 Å². The summed E-state index contributed by atoms with van der Waals surface area (Å²) in [6.07, 6.45) is -14.9. The second kappa shape index (κ2) is 8.94. The van der Waals surface area contributed by atoms with E-state index in [2.05, 4.69) is 4.74 Å². The van der Waals surface area contributed by atoms with Gasteiger partial charge in [-0.15, -0.1) is 0 Å². The smallest absolute Gasteiger partial charge is 0.317 e. The summed E-state index contributed by atoms with van der Waals surface area (Å²) in [5.41, 5.74) is -2.57. The van der Waals surface area contributed by atoms with E-state index in [0.29, 0.717) is 6.61 Å². The quantitative estimate of drug-likeness (QED) is 0.151. The molecule has 0 bridgehead atoms. The normalized spacial score (nSPS) is 44.1. The number of carboxylic acids is 1. The first kappa shape index (κ1) is 22.9. The van der Waals surface area contributed by atoms with Crippen LogP contribution in [-0.4, -0.2) is 120 Å². The van der Waals surface area contributed by atoms with Gasteiger partial charge in [0, 0.05) is 0 Å². The first-order chi connectivity index (χ1) is 13.0. The number of hydrogen-bond acceptors (Lipinski definition) is 12. The van der Waals surface area contributed by atoms with Crippen LogP contribution in [0.1, 0.15) is 6.42 Å². The predicted molar refractivity (Wildman–Crippen MR) is 83.1 cm³/mol. The summed E-state index contributed by atoms with van der Waals surface area (Å²) in [4.78, 5) is 21.7. The van der Waals surface area contributed by atoms with Gasteiger partial charge >= 0.3 is 11.9 Å². The van der Waals surface area contributed by atoms with Gasteiger partial charge in [-0.2, -0.15) is 0 Å². The van der Waals surface area contributed by atoms with Gasteiger partial charge in [0.2, 0.25) is 0 Å². The van der Waals surface area contributed by atoms with Crippen molar-refractivity contribution in [3.05, 3.63) is 6.61 Å². The minimum Gasteiger partial charge on any atom is -0.481 e. The van der Waals surface area contributed by atoms with Crippen molar-refractivity contribution >= 4 is 11.9 Å². The minimum absolute atomic E-state index is 0.604. The summed E-state index contributed by atoms with van der Waals surface area (Å²) in [7, 11) is 0. The van der Waals surface area contributed by atoms with Crippen LogP contribution in [0.15, 0.2) is 0 Å². The Bertz CT molecular complexity index is 568. The number of aliphatic hydroxyl groups is 7. The molecule has 0 aromatic heterocycles. The lowest BCUT2D eigenvalue weighted by Crippen LogP contribution is -2.72. The minimum atomic E-state index is -2.57. The average Bonchev–Trinajstić information content (AvgIpc) is 2.63. The van der Waals surface area contributed by atoms with Crippen LogP contribution in [0.4, 0.5) is 0 Å². The van der Waals surface area contributed by atoms with Crippen molar-refractivity contribution in [2.75, 3.05) is 13.2 Å². The van der Waals surface area contributed by atoms with Gasteiger partial charge in [0.1, 0.15) is 68.5 Å². The number of esters is 1. The Morgan fingerprint density at radius 2 is 1.64 bits per heavy atom. The van der Waals surface area contributed by atoms with Gasteiger partial charge in [-0.3, -0.25) is 9.59 Å². The van der Waals surface area contributed by atoms with Gasteiger partial charge in [0.05, 0.1) is 6.61 Å². The van der Waals surface area contributed by atoms with Gasteiger partial charge in [0.15, 0.2) is 5.60 Å². The van der Waals surface area contributed by atoms with E-state index in [0.717, 1.165) is 0 Å². The standard InChI is InChI=1S/C15H23O13/c16-2-5-9(20)11(22)12(23)14(28-5)15(25)4-27-6(10(21)13(15)24)3-26-8(19)1-7(17)18/h4-6,9-14,16,20-25H,1-3H2,(H,17,18)/t5-,6-,9-,10-,11+,12-,13+,14-,15+/m1/s1. The Labute approximate surface area is 158 Å². The summed E-state index contributed by atoms with van der Waals surface area (Å²) >= 11 is 0. The van der Waals surface area contributed by atoms with Gasteiger partial charge in [0.25, 0.3) is 0 Å². The van der Waals surface area contributed by atoms with Crippen LogP contribution in [0.25, 0.3) is 0 Å². The third kappa shape index (κ3) is 4.42. The highest BCUT2D eigenvalue weighted by Crippen LogP contribution is 2.37. The highest BCUT2D eigenvalue weighted by molar-refractivity contribution is 5.90. The van der Waals surface area contributed by atoms with E-state index < -0.39 is 86.0 Å². The second-order valence-corrected chi connectivity index (χ2v) is 6.62. The van der Waals surface area contributed by atoms with Gasteiger partial charge in [-0.25, -0.2) is 0 Å². The molecular weight excluding hydrogens is 388 g/mol. The summed E-state index contributed by atoms with van der Waals surface area (Å²) in [6.45, 7) is -0.822.